The van der Waals surface area contributed by atoms with E-state index >= 15 is 0 Å². The summed E-state index contributed by atoms with van der Waals surface area (Å²) in [7, 11) is 1.52. The van der Waals surface area contributed by atoms with E-state index < -0.39 is 10.6 Å². The number of carbonyl (C=O) groups excluding carboxylic acids is 1. The second kappa shape index (κ2) is 9.00. The molecule has 3 rings (SSSR count). The van der Waals surface area contributed by atoms with E-state index in [9.17, 15) is 13.9 Å². The average Bonchev–Trinajstić information content (AvgIpc) is 3.17. The lowest BCUT2D eigenvalue weighted by atomic mass is 10.2. The summed E-state index contributed by atoms with van der Waals surface area (Å²) in [6.45, 7) is 2.07. The lowest BCUT2D eigenvalue weighted by Gasteiger charge is -2.26. The van der Waals surface area contributed by atoms with Crippen LogP contribution in [-0.2, 0) is 4.79 Å². The Morgan fingerprint density at radius 1 is 1.14 bits per heavy atom. The highest BCUT2D eigenvalue weighted by molar-refractivity contribution is 8.23. The summed E-state index contributed by atoms with van der Waals surface area (Å²) in [6, 6.07) is 15.3. The fourth-order valence-electron chi connectivity index (χ4n) is 3.35. The first-order chi connectivity index (χ1) is 13.7. The number of nitrogens with one attached hydrogen (secondary N) is 1. The molecular formula is C22H29N3O3S. The Labute approximate surface area is 174 Å². The van der Waals surface area contributed by atoms with Crippen molar-refractivity contribution in [1.29, 1.82) is 0 Å². The first kappa shape index (κ1) is 21.4. The maximum Gasteiger partial charge on any atom is 0.248 e. The first-order valence-corrected chi connectivity index (χ1v) is 11.5. The fraction of sp³-hybridized carbons (Fsp3) is 0.318. The van der Waals surface area contributed by atoms with Crippen LogP contribution in [0.15, 0.2) is 59.5 Å². The summed E-state index contributed by atoms with van der Waals surface area (Å²) in [5.41, 5.74) is 2.74. The highest BCUT2D eigenvalue weighted by atomic mass is 32.3. The van der Waals surface area contributed by atoms with Crippen LogP contribution in [-0.4, -0.2) is 59.4 Å². The zero-order valence-electron chi connectivity index (χ0n) is 17.1. The molecule has 1 aliphatic heterocycles. The van der Waals surface area contributed by atoms with Crippen LogP contribution in [0.2, 0.25) is 0 Å². The average molecular weight is 416 g/mol. The summed E-state index contributed by atoms with van der Waals surface area (Å²) in [4.78, 5) is 17.3. The van der Waals surface area contributed by atoms with Crippen LogP contribution in [0.5, 0.6) is 0 Å². The summed E-state index contributed by atoms with van der Waals surface area (Å²) >= 11 is 0. The molecule has 1 saturated heterocycles. The topological polar surface area (TPSA) is 76.0 Å². The minimum absolute atomic E-state index is 0.213. The maximum absolute atomic E-state index is 12.2. The zero-order chi connectivity index (χ0) is 21.0. The number of hydrogen-bond acceptors (Lipinski definition) is 5. The molecule has 3 N–H and O–H groups in total. The normalized spacial score (nSPS) is 17.9. The minimum Gasteiger partial charge on any atom is -0.370 e. The Bertz CT molecular complexity index is 858. The number of anilines is 2. The number of likely N-dealkylation sites (N-methyl/N-ethyl adjacent to an activating group) is 1. The van der Waals surface area contributed by atoms with Gasteiger partial charge >= 0.3 is 0 Å². The zero-order valence-corrected chi connectivity index (χ0v) is 17.9. The van der Waals surface area contributed by atoms with E-state index in [0.29, 0.717) is 10.9 Å². The van der Waals surface area contributed by atoms with E-state index in [-0.39, 0.29) is 5.91 Å². The monoisotopic (exact) mass is 415 g/mol. The highest BCUT2D eigenvalue weighted by Gasteiger charge is 2.23. The van der Waals surface area contributed by atoms with Gasteiger partial charge < -0.3 is 15.1 Å². The number of amides is 1. The molecule has 29 heavy (non-hydrogen) atoms. The number of nitrogens with zero attached hydrogens (tertiary/aromatic N) is 2. The van der Waals surface area contributed by atoms with Gasteiger partial charge in [0.05, 0.1) is 4.90 Å². The van der Waals surface area contributed by atoms with Crippen LogP contribution in [0, 0.1) is 0 Å². The van der Waals surface area contributed by atoms with Crippen molar-refractivity contribution in [1.82, 2.24) is 4.90 Å². The lowest BCUT2D eigenvalue weighted by molar-refractivity contribution is -0.111. The Hall–Kier alpha value is -2.32. The summed E-state index contributed by atoms with van der Waals surface area (Å²) < 4.78 is 19.3. The van der Waals surface area contributed by atoms with E-state index in [1.807, 2.05) is 24.3 Å². The number of hydrogen-bond donors (Lipinski definition) is 3. The van der Waals surface area contributed by atoms with Gasteiger partial charge in [-0.3, -0.25) is 13.9 Å². The van der Waals surface area contributed by atoms with Crippen molar-refractivity contribution >= 4 is 33.9 Å². The molecule has 0 bridgehead atoms. The highest BCUT2D eigenvalue weighted by Crippen LogP contribution is 2.43. The fourth-order valence-corrected chi connectivity index (χ4v) is 4.00. The van der Waals surface area contributed by atoms with Gasteiger partial charge in [-0.2, -0.15) is 10.6 Å². The molecule has 1 aliphatic rings. The molecule has 0 aromatic heterocycles. The molecule has 0 saturated carbocycles. The van der Waals surface area contributed by atoms with Crippen molar-refractivity contribution in [3.05, 3.63) is 60.2 Å². The van der Waals surface area contributed by atoms with Crippen LogP contribution >= 0.6 is 10.6 Å². The van der Waals surface area contributed by atoms with Gasteiger partial charge in [0.2, 0.25) is 5.91 Å². The van der Waals surface area contributed by atoms with Gasteiger partial charge in [0, 0.05) is 42.8 Å². The number of carbonyl (C=O) groups is 1. The summed E-state index contributed by atoms with van der Waals surface area (Å²) in [5, 5.41) is 2.86. The van der Waals surface area contributed by atoms with E-state index in [1.54, 1.807) is 30.3 Å². The van der Waals surface area contributed by atoms with Gasteiger partial charge in [-0.05, 0) is 68.6 Å². The van der Waals surface area contributed by atoms with Crippen molar-refractivity contribution in [2.24, 2.45) is 0 Å². The molecule has 1 heterocycles. The second-order valence-corrected chi connectivity index (χ2v) is 9.76. The van der Waals surface area contributed by atoms with Crippen LogP contribution in [0.25, 0.3) is 6.08 Å². The molecular weight excluding hydrogens is 386 g/mol. The van der Waals surface area contributed by atoms with Crippen LogP contribution in [0.3, 0.4) is 0 Å². The van der Waals surface area contributed by atoms with E-state index in [0.717, 1.165) is 30.8 Å². The van der Waals surface area contributed by atoms with Crippen molar-refractivity contribution in [3.63, 3.8) is 0 Å². The van der Waals surface area contributed by atoms with Gasteiger partial charge in [-0.15, -0.1) is 0 Å². The predicted molar refractivity (Wildman–Crippen MR) is 122 cm³/mol. The number of rotatable bonds is 6. The van der Waals surface area contributed by atoms with E-state index in [2.05, 4.69) is 29.2 Å². The molecule has 156 valence electrons. The molecule has 1 amide bonds. The third-order valence-electron chi connectivity index (χ3n) is 5.15. The Morgan fingerprint density at radius 3 is 2.34 bits per heavy atom. The molecule has 2 aromatic rings. The third kappa shape index (κ3) is 5.83. The van der Waals surface area contributed by atoms with Gasteiger partial charge in [-0.1, -0.05) is 12.1 Å². The number of benzene rings is 2. The van der Waals surface area contributed by atoms with Gasteiger partial charge in [0.25, 0.3) is 0 Å². The largest absolute Gasteiger partial charge is 0.370 e. The van der Waals surface area contributed by atoms with Crippen LogP contribution in [0.1, 0.15) is 12.0 Å². The quantitative estimate of drug-likeness (QED) is 0.616. The van der Waals surface area contributed by atoms with Crippen LogP contribution < -0.4 is 10.2 Å². The van der Waals surface area contributed by atoms with Crippen LogP contribution in [0.4, 0.5) is 11.4 Å². The Morgan fingerprint density at radius 2 is 1.79 bits per heavy atom. The molecule has 6 nitrogen and oxygen atoms in total. The van der Waals surface area contributed by atoms with Crippen molar-refractivity contribution in [2.75, 3.05) is 43.7 Å². The SMILES string of the molecule is CN(C)C1CCN(c2ccc(NC(=O)/C=C/c3ccc(S(C)(O)O)cc3)cc2)C1. The molecule has 7 heteroatoms. The van der Waals surface area contributed by atoms with Crippen molar-refractivity contribution in [2.45, 2.75) is 17.4 Å². The first-order valence-electron chi connectivity index (χ1n) is 9.56. The maximum atomic E-state index is 12.2. The standard InChI is InChI=1S/C22H29N3O3S/c1-24(2)20-14-15-25(16-20)19-9-7-18(8-10-19)23-22(26)13-6-17-4-11-21(12-5-17)29(3,27)28/h4-13,20,27-28H,14-16H2,1-3H3,(H,23,26)/b13-6+. The third-order valence-corrected chi connectivity index (χ3v) is 6.31. The minimum atomic E-state index is -2.72. The van der Waals surface area contributed by atoms with Crippen molar-refractivity contribution in [3.8, 4) is 0 Å². The van der Waals surface area contributed by atoms with E-state index in [4.69, 9.17) is 0 Å². The molecule has 1 atom stereocenters. The second-order valence-electron chi connectivity index (χ2n) is 7.62. The molecule has 1 fully saturated rings. The molecule has 2 aromatic carbocycles. The summed E-state index contributed by atoms with van der Waals surface area (Å²) in [5.74, 6) is -0.213. The van der Waals surface area contributed by atoms with Crippen molar-refractivity contribution < 1.29 is 13.9 Å². The molecule has 0 aliphatic carbocycles. The van der Waals surface area contributed by atoms with Gasteiger partial charge in [-0.25, -0.2) is 0 Å². The predicted octanol–water partition coefficient (Wildman–Crippen LogP) is 4.22. The van der Waals surface area contributed by atoms with Gasteiger partial charge in [0.15, 0.2) is 0 Å². The lowest BCUT2D eigenvalue weighted by Crippen LogP contribution is -2.31. The smallest absolute Gasteiger partial charge is 0.248 e. The summed E-state index contributed by atoms with van der Waals surface area (Å²) in [6.07, 6.45) is 5.71. The molecule has 1 unspecified atom stereocenters. The molecule has 0 spiro atoms. The van der Waals surface area contributed by atoms with Gasteiger partial charge in [0.1, 0.15) is 0 Å². The van der Waals surface area contributed by atoms with E-state index in [1.165, 1.54) is 18.0 Å². The Kier molecular flexibility index (Phi) is 6.64. The molecule has 0 radical (unpaired) electrons. The Balaban J connectivity index is 1.55.